The molecule has 0 bridgehead atoms. The predicted molar refractivity (Wildman–Crippen MR) is 98.3 cm³/mol. The van der Waals surface area contributed by atoms with Gasteiger partial charge in [0, 0.05) is 23.3 Å². The first-order valence-electron chi connectivity index (χ1n) is 8.87. The molecule has 5 nitrogen and oxygen atoms in total. The number of hydrogen-bond acceptors (Lipinski definition) is 4. The highest BCUT2D eigenvalue weighted by atomic mass is 16.5. The number of esters is 1. The molecule has 2 aliphatic carbocycles. The molecule has 0 aromatic carbocycles. The number of ether oxygens (including phenoxy) is 1. The van der Waals surface area contributed by atoms with Crippen LogP contribution in [0.15, 0.2) is 48.1 Å². The molecule has 140 valence electrons. The molecule has 2 rings (SSSR count). The van der Waals surface area contributed by atoms with Crippen molar-refractivity contribution in [3.05, 3.63) is 48.1 Å². The fraction of sp³-hybridized carbons (Fsp3) is 0.476. The standard InChI is InChI=1S/C21H26O5/c1-5-6-7-8-19(23)26-18-10-9-15-11-17(22)16(13(2)20(24)25)12-21(15,4)14(18)3/h5-6,9-11,14,16,18H,2,7-8,12H2,1,3-4H3,(H,24,25)/b6-5+/t14-,16-,18-,21+/m0/s1. The second kappa shape index (κ2) is 7.85. The number of carbonyl (C=O) groups excluding carboxylic acids is 2. The van der Waals surface area contributed by atoms with Gasteiger partial charge in [0.05, 0.1) is 5.92 Å². The van der Waals surface area contributed by atoms with Crippen LogP contribution in [0.3, 0.4) is 0 Å². The average Bonchev–Trinajstić information content (AvgIpc) is 2.58. The maximum Gasteiger partial charge on any atom is 0.331 e. The van der Waals surface area contributed by atoms with Crippen molar-refractivity contribution in [3.8, 4) is 0 Å². The van der Waals surface area contributed by atoms with Crippen molar-refractivity contribution in [2.24, 2.45) is 17.3 Å². The topological polar surface area (TPSA) is 80.7 Å². The average molecular weight is 358 g/mol. The molecule has 0 fully saturated rings. The van der Waals surface area contributed by atoms with Gasteiger partial charge in [0.2, 0.25) is 0 Å². The molecule has 0 aromatic heterocycles. The zero-order valence-electron chi connectivity index (χ0n) is 15.5. The lowest BCUT2D eigenvalue weighted by molar-refractivity contribution is -0.151. The van der Waals surface area contributed by atoms with Gasteiger partial charge >= 0.3 is 11.9 Å². The van der Waals surface area contributed by atoms with Crippen molar-refractivity contribution in [3.63, 3.8) is 0 Å². The SMILES string of the molecule is C=C(C(=O)O)[C@@H]1C[C@@]2(C)C(=CC1=O)C=C[C@H](OC(=O)CC/C=C/C)[C@@H]2C. The number of carboxylic acids is 1. The minimum Gasteiger partial charge on any atom is -0.478 e. The van der Waals surface area contributed by atoms with Crippen LogP contribution in [0.4, 0.5) is 0 Å². The van der Waals surface area contributed by atoms with Crippen molar-refractivity contribution in [1.82, 2.24) is 0 Å². The minimum atomic E-state index is -1.16. The van der Waals surface area contributed by atoms with Crippen molar-refractivity contribution >= 4 is 17.7 Å². The molecule has 0 spiro atoms. The van der Waals surface area contributed by atoms with Gasteiger partial charge in [-0.15, -0.1) is 0 Å². The Morgan fingerprint density at radius 1 is 1.46 bits per heavy atom. The second-order valence-electron chi connectivity index (χ2n) is 7.22. The summed E-state index contributed by atoms with van der Waals surface area (Å²) in [6, 6.07) is 0. The predicted octanol–water partition coefficient (Wildman–Crippen LogP) is 3.62. The molecule has 2 aliphatic rings. The fourth-order valence-corrected chi connectivity index (χ4v) is 3.64. The first-order valence-corrected chi connectivity index (χ1v) is 8.87. The highest BCUT2D eigenvalue weighted by Crippen LogP contribution is 2.50. The van der Waals surface area contributed by atoms with Crippen LogP contribution >= 0.6 is 0 Å². The van der Waals surface area contributed by atoms with Gasteiger partial charge in [-0.3, -0.25) is 9.59 Å². The van der Waals surface area contributed by atoms with E-state index in [4.69, 9.17) is 4.74 Å². The highest BCUT2D eigenvalue weighted by Gasteiger charge is 2.48. The second-order valence-corrected chi connectivity index (χ2v) is 7.22. The molecule has 0 aromatic rings. The Labute approximate surface area is 154 Å². The van der Waals surface area contributed by atoms with Crippen molar-refractivity contribution in [2.75, 3.05) is 0 Å². The van der Waals surface area contributed by atoms with Crippen LogP contribution in [0.1, 0.15) is 40.0 Å². The number of hydrogen-bond donors (Lipinski definition) is 1. The number of carboxylic acid groups (broad SMARTS) is 1. The van der Waals surface area contributed by atoms with E-state index in [0.717, 1.165) is 5.57 Å². The number of aliphatic carboxylic acids is 1. The molecule has 0 heterocycles. The van der Waals surface area contributed by atoms with E-state index in [1.807, 2.05) is 45.1 Å². The Hall–Kier alpha value is -2.43. The first-order chi connectivity index (χ1) is 12.2. The Morgan fingerprint density at radius 3 is 2.77 bits per heavy atom. The minimum absolute atomic E-state index is 0.0818. The molecular weight excluding hydrogens is 332 g/mol. The van der Waals surface area contributed by atoms with Gasteiger partial charge in [-0.2, -0.15) is 0 Å². The van der Waals surface area contributed by atoms with Crippen molar-refractivity contribution in [1.29, 1.82) is 0 Å². The number of rotatable bonds is 6. The third-order valence-electron chi connectivity index (χ3n) is 5.61. The lowest BCUT2D eigenvalue weighted by atomic mass is 9.59. The first kappa shape index (κ1) is 19.9. The van der Waals surface area contributed by atoms with E-state index in [9.17, 15) is 19.5 Å². The van der Waals surface area contributed by atoms with E-state index in [1.165, 1.54) is 6.08 Å². The lowest BCUT2D eigenvalue weighted by Crippen LogP contribution is -2.44. The summed E-state index contributed by atoms with van der Waals surface area (Å²) in [6.07, 6.45) is 9.85. The van der Waals surface area contributed by atoms with Gasteiger partial charge in [-0.1, -0.05) is 38.7 Å². The highest BCUT2D eigenvalue weighted by molar-refractivity contribution is 6.02. The van der Waals surface area contributed by atoms with Crippen LogP contribution in [0.5, 0.6) is 0 Å². The maximum absolute atomic E-state index is 12.3. The third kappa shape index (κ3) is 3.87. The molecule has 26 heavy (non-hydrogen) atoms. The zero-order valence-corrected chi connectivity index (χ0v) is 15.5. The van der Waals surface area contributed by atoms with Crippen LogP contribution in [-0.4, -0.2) is 28.9 Å². The van der Waals surface area contributed by atoms with Crippen molar-refractivity contribution < 1.29 is 24.2 Å². The smallest absolute Gasteiger partial charge is 0.331 e. The van der Waals surface area contributed by atoms with E-state index in [-0.39, 0.29) is 23.2 Å². The summed E-state index contributed by atoms with van der Waals surface area (Å²) in [6.45, 7) is 9.43. The molecule has 0 saturated heterocycles. The molecule has 4 atom stereocenters. The van der Waals surface area contributed by atoms with Crippen LogP contribution in [-0.2, 0) is 19.1 Å². The summed E-state index contributed by atoms with van der Waals surface area (Å²) in [4.78, 5) is 35.6. The van der Waals surface area contributed by atoms with Gasteiger partial charge in [0.1, 0.15) is 6.10 Å². The number of ketones is 1. The summed E-state index contributed by atoms with van der Waals surface area (Å²) >= 11 is 0. The summed E-state index contributed by atoms with van der Waals surface area (Å²) in [7, 11) is 0. The Morgan fingerprint density at radius 2 is 2.15 bits per heavy atom. The molecule has 0 unspecified atom stereocenters. The van der Waals surface area contributed by atoms with Crippen LogP contribution in [0, 0.1) is 17.3 Å². The van der Waals surface area contributed by atoms with Crippen LogP contribution in [0.2, 0.25) is 0 Å². The number of allylic oxidation sites excluding steroid dienone is 5. The van der Waals surface area contributed by atoms with Crippen LogP contribution < -0.4 is 0 Å². The third-order valence-corrected chi connectivity index (χ3v) is 5.61. The molecular formula is C21H26O5. The van der Waals surface area contributed by atoms with Crippen molar-refractivity contribution in [2.45, 2.75) is 46.1 Å². The number of fused-ring (bicyclic) bond motifs is 1. The van der Waals surface area contributed by atoms with E-state index >= 15 is 0 Å². The molecule has 0 aliphatic heterocycles. The Kier molecular flexibility index (Phi) is 6.01. The fourth-order valence-electron chi connectivity index (χ4n) is 3.64. The van der Waals surface area contributed by atoms with E-state index in [2.05, 4.69) is 6.58 Å². The van der Waals surface area contributed by atoms with E-state index < -0.39 is 23.4 Å². The maximum atomic E-state index is 12.3. The summed E-state index contributed by atoms with van der Waals surface area (Å²) in [5, 5.41) is 9.21. The zero-order chi connectivity index (χ0) is 19.5. The lowest BCUT2D eigenvalue weighted by Gasteiger charge is -2.46. The van der Waals surface area contributed by atoms with Gasteiger partial charge in [0.25, 0.3) is 0 Å². The molecule has 1 N–H and O–H groups in total. The summed E-state index contributed by atoms with van der Waals surface area (Å²) < 4.78 is 5.62. The molecule has 0 radical (unpaired) electrons. The Bertz CT molecular complexity index is 712. The van der Waals surface area contributed by atoms with Gasteiger partial charge in [-0.05, 0) is 37.5 Å². The van der Waals surface area contributed by atoms with E-state index in [0.29, 0.717) is 19.3 Å². The van der Waals surface area contributed by atoms with Gasteiger partial charge in [-0.25, -0.2) is 4.79 Å². The molecule has 0 saturated carbocycles. The summed E-state index contributed by atoms with van der Waals surface area (Å²) in [5.74, 6) is -2.49. The van der Waals surface area contributed by atoms with E-state index in [1.54, 1.807) is 0 Å². The quantitative estimate of drug-likeness (QED) is 0.445. The van der Waals surface area contributed by atoms with Gasteiger partial charge in [0.15, 0.2) is 5.78 Å². The van der Waals surface area contributed by atoms with Crippen LogP contribution in [0.25, 0.3) is 0 Å². The normalized spacial score (nSPS) is 30.7. The molecule has 5 heteroatoms. The summed E-state index contributed by atoms with van der Waals surface area (Å²) in [5.41, 5.74) is 0.304. The number of carbonyl (C=O) groups is 3. The molecule has 0 amide bonds. The Balaban J connectivity index is 2.20. The monoisotopic (exact) mass is 358 g/mol. The largest absolute Gasteiger partial charge is 0.478 e. The van der Waals surface area contributed by atoms with Gasteiger partial charge < -0.3 is 9.84 Å².